The third-order valence-electron chi connectivity index (χ3n) is 7.16. The smallest absolute Gasteiger partial charge is 0.263 e. The van der Waals surface area contributed by atoms with Gasteiger partial charge in [-0.05, 0) is 67.8 Å². The summed E-state index contributed by atoms with van der Waals surface area (Å²) >= 11 is 7.40. The SMILES string of the molecule is C[C@H](C(=O)N1CCN(c2ccc(S(=O)(=O)Nc3nccs3)cc2)C[C@H]1CO)N1CCCc2cc(Cl)ccc21.[HH].[HH].[HH]. The van der Waals surface area contributed by atoms with E-state index in [4.69, 9.17) is 11.6 Å². The third kappa shape index (κ3) is 5.47. The number of nitrogens with one attached hydrogen (secondary N) is 1. The lowest BCUT2D eigenvalue weighted by atomic mass is 9.99. The molecule has 0 unspecified atom stereocenters. The molecule has 12 heteroatoms. The van der Waals surface area contributed by atoms with Gasteiger partial charge in [0.1, 0.15) is 6.04 Å². The van der Waals surface area contributed by atoms with Gasteiger partial charge in [-0.15, -0.1) is 11.3 Å². The number of hydrogen-bond donors (Lipinski definition) is 2. The molecule has 1 amide bonds. The van der Waals surface area contributed by atoms with E-state index in [9.17, 15) is 18.3 Å². The number of rotatable bonds is 7. The number of piperazine rings is 1. The van der Waals surface area contributed by atoms with Gasteiger partial charge in [0.05, 0.1) is 17.5 Å². The summed E-state index contributed by atoms with van der Waals surface area (Å²) in [7, 11) is -3.74. The number of thiazole rings is 1. The van der Waals surface area contributed by atoms with Crippen LogP contribution in [0.15, 0.2) is 58.9 Å². The highest BCUT2D eigenvalue weighted by atomic mass is 35.5. The molecule has 0 radical (unpaired) electrons. The average Bonchev–Trinajstić information content (AvgIpc) is 3.43. The molecule has 3 aromatic rings. The number of hydrogen-bond acceptors (Lipinski definition) is 8. The molecule has 5 rings (SSSR count). The molecule has 2 aliphatic heterocycles. The molecule has 2 N–H and O–H groups in total. The lowest BCUT2D eigenvalue weighted by Gasteiger charge is -2.44. The van der Waals surface area contributed by atoms with Crippen LogP contribution in [0.25, 0.3) is 0 Å². The zero-order valence-corrected chi connectivity index (χ0v) is 23.3. The second-order valence-corrected chi connectivity index (χ2v) is 12.5. The van der Waals surface area contributed by atoms with Crippen molar-refractivity contribution in [3.63, 3.8) is 0 Å². The Kier molecular flexibility index (Phi) is 7.80. The van der Waals surface area contributed by atoms with Crippen molar-refractivity contribution in [3.05, 3.63) is 64.6 Å². The van der Waals surface area contributed by atoms with E-state index in [-0.39, 0.29) is 33.8 Å². The quantitative estimate of drug-likeness (QED) is 0.431. The highest BCUT2D eigenvalue weighted by Gasteiger charge is 2.35. The fraction of sp³-hybridized carbons (Fsp3) is 0.385. The predicted octanol–water partition coefficient (Wildman–Crippen LogP) is 4.19. The standard InChI is InChI=1S/C26H30ClN5O4S2.3H2/c1-18(31-11-2-3-19-15-20(27)4-9-24(19)31)25(34)32-13-12-30(16-22(32)17-33)21-5-7-23(8-6-21)38(35,36)29-26-28-10-14-37-26;;;/h4-10,14-15,18,22,33H,2-3,11-13,16-17H2,1H3,(H,28,29);3*1H/t18-,22+;;;/m1.../s1. The number of benzene rings is 2. The van der Waals surface area contributed by atoms with E-state index >= 15 is 0 Å². The number of aliphatic hydroxyl groups is 1. The molecule has 1 saturated heterocycles. The number of anilines is 3. The van der Waals surface area contributed by atoms with Gasteiger partial charge in [0.25, 0.3) is 10.0 Å². The molecule has 0 spiro atoms. The number of halogens is 1. The van der Waals surface area contributed by atoms with Gasteiger partial charge in [-0.3, -0.25) is 9.52 Å². The number of nitrogens with zero attached hydrogens (tertiary/aromatic N) is 4. The van der Waals surface area contributed by atoms with Gasteiger partial charge in [-0.2, -0.15) is 0 Å². The summed E-state index contributed by atoms with van der Waals surface area (Å²) in [6.45, 7) is 4.03. The monoisotopic (exact) mass is 581 g/mol. The second-order valence-electron chi connectivity index (χ2n) is 9.50. The van der Waals surface area contributed by atoms with Crippen molar-refractivity contribution < 1.29 is 22.6 Å². The van der Waals surface area contributed by atoms with Crippen LogP contribution in [0.5, 0.6) is 0 Å². The maximum atomic E-state index is 13.6. The van der Waals surface area contributed by atoms with Crippen molar-refractivity contribution in [1.29, 1.82) is 0 Å². The topological polar surface area (TPSA) is 106 Å². The Bertz CT molecular complexity index is 1400. The first-order valence-corrected chi connectivity index (χ1v) is 15.2. The fourth-order valence-corrected chi connectivity index (χ4v) is 7.17. The van der Waals surface area contributed by atoms with Crippen LogP contribution in [0, 0.1) is 0 Å². The zero-order valence-electron chi connectivity index (χ0n) is 21.0. The lowest BCUT2D eigenvalue weighted by molar-refractivity contribution is -0.136. The Morgan fingerprint density at radius 1 is 1.24 bits per heavy atom. The van der Waals surface area contributed by atoms with Crippen molar-refractivity contribution in [2.24, 2.45) is 0 Å². The summed E-state index contributed by atoms with van der Waals surface area (Å²) in [5.41, 5.74) is 3.03. The van der Waals surface area contributed by atoms with E-state index in [1.807, 2.05) is 25.1 Å². The fourth-order valence-electron chi connectivity index (χ4n) is 5.19. The summed E-state index contributed by atoms with van der Waals surface area (Å²) in [5.74, 6) is -0.0128. The Labute approximate surface area is 236 Å². The Morgan fingerprint density at radius 2 is 2.03 bits per heavy atom. The molecule has 1 fully saturated rings. The van der Waals surface area contributed by atoms with Gasteiger partial charge in [0.2, 0.25) is 5.91 Å². The molecule has 2 aliphatic rings. The van der Waals surface area contributed by atoms with Crippen molar-refractivity contribution in [2.75, 3.05) is 47.3 Å². The molecule has 38 heavy (non-hydrogen) atoms. The third-order valence-corrected chi connectivity index (χ3v) is 9.57. The average molecular weight is 582 g/mol. The van der Waals surface area contributed by atoms with Gasteiger partial charge in [0.15, 0.2) is 5.13 Å². The first-order valence-electron chi connectivity index (χ1n) is 12.5. The number of carbonyl (C=O) groups is 1. The van der Waals surface area contributed by atoms with Crippen LogP contribution in [-0.2, 0) is 21.2 Å². The number of sulfonamides is 1. The van der Waals surface area contributed by atoms with Gasteiger partial charge in [0, 0.05) is 58.4 Å². The Hall–Kier alpha value is -2.86. The van der Waals surface area contributed by atoms with Gasteiger partial charge >= 0.3 is 0 Å². The molecule has 9 nitrogen and oxygen atoms in total. The molecular weight excluding hydrogens is 546 g/mol. The van der Waals surface area contributed by atoms with E-state index < -0.39 is 10.0 Å². The number of aromatic nitrogens is 1. The summed E-state index contributed by atoms with van der Waals surface area (Å²) in [6.07, 6.45) is 3.43. The van der Waals surface area contributed by atoms with Crippen LogP contribution in [0.3, 0.4) is 0 Å². The second kappa shape index (κ2) is 11.1. The maximum absolute atomic E-state index is 13.6. The Morgan fingerprint density at radius 3 is 2.74 bits per heavy atom. The zero-order chi connectivity index (χ0) is 26.9. The van der Waals surface area contributed by atoms with Crippen molar-refractivity contribution in [1.82, 2.24) is 9.88 Å². The van der Waals surface area contributed by atoms with Crippen molar-refractivity contribution >= 4 is 55.4 Å². The molecule has 2 atom stereocenters. The van der Waals surface area contributed by atoms with Gasteiger partial charge in [-0.1, -0.05) is 11.6 Å². The predicted molar refractivity (Wildman–Crippen MR) is 157 cm³/mol. The van der Waals surface area contributed by atoms with Crippen LogP contribution in [0.2, 0.25) is 5.02 Å². The van der Waals surface area contributed by atoms with Gasteiger partial charge < -0.3 is 19.8 Å². The molecular formula is C26H36ClN5O4S2. The van der Waals surface area contributed by atoms with Crippen LogP contribution in [-0.4, -0.2) is 74.2 Å². The van der Waals surface area contributed by atoms with Crippen LogP contribution >= 0.6 is 22.9 Å². The van der Waals surface area contributed by atoms with Crippen LogP contribution in [0.4, 0.5) is 16.5 Å². The summed E-state index contributed by atoms with van der Waals surface area (Å²) in [4.78, 5) is 23.7. The minimum atomic E-state index is -3.74. The van der Waals surface area contributed by atoms with E-state index in [0.29, 0.717) is 29.8 Å². The first-order chi connectivity index (χ1) is 18.3. The minimum Gasteiger partial charge on any atom is -0.394 e. The number of amides is 1. The van der Waals surface area contributed by atoms with Gasteiger partial charge in [-0.25, -0.2) is 13.4 Å². The normalized spacial score (nSPS) is 18.7. The number of carbonyl (C=O) groups excluding carboxylic acids is 1. The highest BCUT2D eigenvalue weighted by Crippen LogP contribution is 2.32. The first kappa shape index (κ1) is 26.7. The van der Waals surface area contributed by atoms with Crippen molar-refractivity contribution in [3.8, 4) is 0 Å². The molecule has 0 saturated carbocycles. The number of aliphatic hydroxyl groups excluding tert-OH is 1. The molecule has 2 aromatic carbocycles. The molecule has 0 aliphatic carbocycles. The highest BCUT2D eigenvalue weighted by molar-refractivity contribution is 7.93. The maximum Gasteiger partial charge on any atom is 0.263 e. The molecule has 0 bridgehead atoms. The summed E-state index contributed by atoms with van der Waals surface area (Å²) in [6, 6.07) is 11.7. The van der Waals surface area contributed by atoms with E-state index in [1.165, 1.54) is 17.5 Å². The molecule has 3 heterocycles. The van der Waals surface area contributed by atoms with E-state index in [0.717, 1.165) is 36.3 Å². The van der Waals surface area contributed by atoms with E-state index in [1.54, 1.807) is 34.5 Å². The largest absolute Gasteiger partial charge is 0.394 e. The Balaban J connectivity index is 0.00000196. The number of aryl methyl sites for hydroxylation is 1. The van der Waals surface area contributed by atoms with Crippen LogP contribution < -0.4 is 14.5 Å². The lowest BCUT2D eigenvalue weighted by Crippen LogP contribution is -2.60. The summed E-state index contributed by atoms with van der Waals surface area (Å²) in [5, 5.41) is 12.9. The number of fused-ring (bicyclic) bond motifs is 1. The van der Waals surface area contributed by atoms with Crippen molar-refractivity contribution in [2.45, 2.75) is 36.7 Å². The molecule has 208 valence electrons. The molecule has 1 aromatic heterocycles. The van der Waals surface area contributed by atoms with Crippen LogP contribution in [0.1, 0.15) is 23.2 Å². The minimum absolute atomic E-state index is 0. The summed E-state index contributed by atoms with van der Waals surface area (Å²) < 4.78 is 27.8. The van der Waals surface area contributed by atoms with E-state index in [2.05, 4.69) is 19.5 Å².